The molecule has 5 heteroatoms. The molecule has 0 aromatic heterocycles. The molecule has 0 aliphatic heterocycles. The summed E-state index contributed by atoms with van der Waals surface area (Å²) in [5.74, 6) is -1.000. The molecule has 0 aliphatic carbocycles. The van der Waals surface area contributed by atoms with E-state index in [1.807, 2.05) is 21.1 Å². The standard InChI is InChI=1S/C25H47NO4/c1-5-6-7-8-9-10-11-12-13-14-15-16-17-18-23(27)19-20-25(30,21-24(28)29)22-26(2,3)4/h9-10,12-13,23,27,30H,5-8,11,14-22H2,1-4H3/p+1/b10-9-,13-12-. The molecule has 0 spiro atoms. The van der Waals surface area contributed by atoms with E-state index in [2.05, 4.69) is 31.2 Å². The summed E-state index contributed by atoms with van der Waals surface area (Å²) in [5, 5.41) is 30.1. The predicted molar refractivity (Wildman–Crippen MR) is 125 cm³/mol. The lowest BCUT2D eigenvalue weighted by Crippen LogP contribution is -2.50. The van der Waals surface area contributed by atoms with Crippen molar-refractivity contribution < 1.29 is 24.6 Å². The zero-order valence-electron chi connectivity index (χ0n) is 20.0. The van der Waals surface area contributed by atoms with Crippen LogP contribution in [0.4, 0.5) is 0 Å². The van der Waals surface area contributed by atoms with Gasteiger partial charge >= 0.3 is 5.97 Å². The number of carbonyl (C=O) groups is 1. The zero-order chi connectivity index (χ0) is 22.9. The smallest absolute Gasteiger partial charge is 0.306 e. The Hall–Kier alpha value is -1.17. The van der Waals surface area contributed by atoms with Gasteiger partial charge in [-0.05, 0) is 51.4 Å². The van der Waals surface area contributed by atoms with Crippen LogP contribution in [-0.2, 0) is 4.79 Å². The summed E-state index contributed by atoms with van der Waals surface area (Å²) in [6.07, 6.45) is 20.0. The van der Waals surface area contributed by atoms with Crippen LogP contribution in [0.3, 0.4) is 0 Å². The van der Waals surface area contributed by atoms with Crippen molar-refractivity contribution in [2.75, 3.05) is 27.7 Å². The van der Waals surface area contributed by atoms with E-state index in [0.717, 1.165) is 32.1 Å². The van der Waals surface area contributed by atoms with Gasteiger partial charge in [-0.1, -0.05) is 56.9 Å². The number of quaternary nitrogens is 1. The number of aliphatic hydroxyl groups is 2. The first-order valence-electron chi connectivity index (χ1n) is 11.8. The van der Waals surface area contributed by atoms with Crippen molar-refractivity contribution in [2.24, 2.45) is 0 Å². The Bertz CT molecular complexity index is 496. The Morgan fingerprint density at radius 3 is 2.07 bits per heavy atom. The van der Waals surface area contributed by atoms with E-state index in [9.17, 15) is 15.0 Å². The summed E-state index contributed by atoms with van der Waals surface area (Å²) in [6.45, 7) is 2.58. The molecule has 0 aliphatic rings. The minimum atomic E-state index is -1.28. The molecule has 176 valence electrons. The lowest BCUT2D eigenvalue weighted by Gasteiger charge is -2.35. The van der Waals surface area contributed by atoms with Gasteiger partial charge in [-0.3, -0.25) is 4.79 Å². The Kier molecular flexibility index (Phi) is 15.9. The van der Waals surface area contributed by atoms with Crippen LogP contribution in [0, 0.1) is 0 Å². The van der Waals surface area contributed by atoms with Gasteiger partial charge in [0.05, 0.1) is 33.7 Å². The summed E-state index contributed by atoms with van der Waals surface area (Å²) in [7, 11) is 5.80. The maximum Gasteiger partial charge on any atom is 0.306 e. The number of rotatable bonds is 19. The average molecular weight is 427 g/mol. The van der Waals surface area contributed by atoms with Crippen molar-refractivity contribution in [1.29, 1.82) is 0 Å². The number of aliphatic hydroxyl groups excluding tert-OH is 1. The molecule has 0 saturated carbocycles. The molecule has 0 aromatic rings. The monoisotopic (exact) mass is 426 g/mol. The highest BCUT2D eigenvalue weighted by molar-refractivity contribution is 5.68. The number of hydrogen-bond donors (Lipinski definition) is 3. The van der Waals surface area contributed by atoms with Gasteiger partial charge in [-0.15, -0.1) is 0 Å². The van der Waals surface area contributed by atoms with Gasteiger partial charge in [-0.25, -0.2) is 0 Å². The zero-order valence-corrected chi connectivity index (χ0v) is 20.0. The topological polar surface area (TPSA) is 77.8 Å². The largest absolute Gasteiger partial charge is 0.481 e. The Morgan fingerprint density at radius 1 is 0.933 bits per heavy atom. The molecule has 5 nitrogen and oxygen atoms in total. The second kappa shape index (κ2) is 16.5. The predicted octanol–water partition coefficient (Wildman–Crippen LogP) is 5.07. The molecule has 0 amide bonds. The van der Waals surface area contributed by atoms with E-state index in [1.54, 1.807) is 0 Å². The number of carboxylic acid groups (broad SMARTS) is 1. The third kappa shape index (κ3) is 18.8. The number of aliphatic carboxylic acids is 1. The maximum atomic E-state index is 11.1. The van der Waals surface area contributed by atoms with Crippen LogP contribution in [0.25, 0.3) is 0 Å². The maximum absolute atomic E-state index is 11.1. The van der Waals surface area contributed by atoms with Crippen LogP contribution >= 0.6 is 0 Å². The minimum Gasteiger partial charge on any atom is -0.481 e. The van der Waals surface area contributed by atoms with Gasteiger partial charge in [0, 0.05) is 0 Å². The fraction of sp³-hybridized carbons (Fsp3) is 0.800. The van der Waals surface area contributed by atoms with Crippen LogP contribution < -0.4 is 0 Å². The number of nitrogens with zero attached hydrogens (tertiary/aromatic N) is 1. The second-order valence-electron chi connectivity index (χ2n) is 9.75. The number of carboxylic acids is 1. The molecule has 0 heterocycles. The van der Waals surface area contributed by atoms with E-state index in [1.165, 1.54) is 25.7 Å². The van der Waals surface area contributed by atoms with Crippen LogP contribution in [0.2, 0.25) is 0 Å². The summed E-state index contributed by atoms with van der Waals surface area (Å²) in [5.41, 5.74) is -1.28. The Balaban J connectivity index is 3.91. The number of allylic oxidation sites excluding steroid dienone is 4. The summed E-state index contributed by atoms with van der Waals surface area (Å²) < 4.78 is 0.488. The van der Waals surface area contributed by atoms with Gasteiger partial charge in [0.25, 0.3) is 0 Å². The molecule has 30 heavy (non-hydrogen) atoms. The van der Waals surface area contributed by atoms with Gasteiger partial charge in [0.15, 0.2) is 0 Å². The molecule has 2 atom stereocenters. The fourth-order valence-corrected chi connectivity index (χ4v) is 3.81. The van der Waals surface area contributed by atoms with E-state index in [4.69, 9.17) is 5.11 Å². The van der Waals surface area contributed by atoms with Crippen LogP contribution in [0.15, 0.2) is 24.3 Å². The van der Waals surface area contributed by atoms with Crippen LogP contribution in [-0.4, -0.2) is 65.2 Å². The molecular weight excluding hydrogens is 378 g/mol. The molecular formula is C25H48NO4+. The molecule has 0 rings (SSSR count). The van der Waals surface area contributed by atoms with Crippen molar-refractivity contribution in [3.8, 4) is 0 Å². The van der Waals surface area contributed by atoms with Gasteiger partial charge in [-0.2, -0.15) is 0 Å². The van der Waals surface area contributed by atoms with Crippen molar-refractivity contribution in [1.82, 2.24) is 0 Å². The van der Waals surface area contributed by atoms with Gasteiger partial charge in [0.2, 0.25) is 0 Å². The van der Waals surface area contributed by atoms with Crippen molar-refractivity contribution in [2.45, 2.75) is 102 Å². The highest BCUT2D eigenvalue weighted by Crippen LogP contribution is 2.23. The molecule has 0 radical (unpaired) electrons. The fourth-order valence-electron chi connectivity index (χ4n) is 3.81. The van der Waals surface area contributed by atoms with Gasteiger partial charge in [0.1, 0.15) is 12.1 Å². The molecule has 0 bridgehead atoms. The second-order valence-corrected chi connectivity index (χ2v) is 9.75. The van der Waals surface area contributed by atoms with Crippen molar-refractivity contribution >= 4 is 5.97 Å². The normalized spacial score (nSPS) is 15.7. The number of likely N-dealkylation sites (N-methyl/N-ethyl adjacent to an activating group) is 1. The number of unbranched alkanes of at least 4 members (excludes halogenated alkanes) is 6. The van der Waals surface area contributed by atoms with Crippen molar-refractivity contribution in [3.05, 3.63) is 24.3 Å². The first-order chi connectivity index (χ1) is 14.1. The summed E-state index contributed by atoms with van der Waals surface area (Å²) in [4.78, 5) is 11.1. The summed E-state index contributed by atoms with van der Waals surface area (Å²) >= 11 is 0. The van der Waals surface area contributed by atoms with E-state index in [-0.39, 0.29) is 6.42 Å². The molecule has 3 N–H and O–H groups in total. The van der Waals surface area contributed by atoms with Crippen LogP contribution in [0.1, 0.15) is 90.4 Å². The first-order valence-corrected chi connectivity index (χ1v) is 11.8. The third-order valence-electron chi connectivity index (χ3n) is 5.18. The third-order valence-corrected chi connectivity index (χ3v) is 5.18. The molecule has 2 unspecified atom stereocenters. The van der Waals surface area contributed by atoms with Crippen molar-refractivity contribution in [3.63, 3.8) is 0 Å². The average Bonchev–Trinajstić information content (AvgIpc) is 2.61. The highest BCUT2D eigenvalue weighted by Gasteiger charge is 2.36. The Labute approximate surface area is 185 Å². The van der Waals surface area contributed by atoms with Crippen LogP contribution in [0.5, 0.6) is 0 Å². The minimum absolute atomic E-state index is 0.282. The van der Waals surface area contributed by atoms with E-state index >= 15 is 0 Å². The SMILES string of the molecule is CCCCC/C=C\C/C=C\CCCCCC(O)CCC(O)(CC(=O)O)C[N+](C)(C)C. The quantitative estimate of drug-likeness (QED) is 0.153. The summed E-state index contributed by atoms with van der Waals surface area (Å²) in [6, 6.07) is 0. The lowest BCUT2D eigenvalue weighted by molar-refractivity contribution is -0.877. The lowest BCUT2D eigenvalue weighted by atomic mass is 9.90. The van der Waals surface area contributed by atoms with E-state index < -0.39 is 17.7 Å². The highest BCUT2D eigenvalue weighted by atomic mass is 16.4. The molecule has 0 saturated heterocycles. The number of hydrogen-bond acceptors (Lipinski definition) is 3. The first kappa shape index (κ1) is 28.8. The molecule has 0 aromatic carbocycles. The molecule has 0 fully saturated rings. The van der Waals surface area contributed by atoms with Gasteiger partial charge < -0.3 is 19.8 Å². The Morgan fingerprint density at radius 2 is 1.53 bits per heavy atom. The van der Waals surface area contributed by atoms with E-state index in [0.29, 0.717) is 30.3 Å².